The van der Waals surface area contributed by atoms with Crippen LogP contribution in [0.1, 0.15) is 67.7 Å². The van der Waals surface area contributed by atoms with Gasteiger partial charge in [-0.2, -0.15) is 4.31 Å². The van der Waals surface area contributed by atoms with E-state index in [4.69, 9.17) is 0 Å². The summed E-state index contributed by atoms with van der Waals surface area (Å²) in [4.78, 5) is 17.4. The first-order chi connectivity index (χ1) is 16.6. The molecule has 1 aliphatic heterocycles. The summed E-state index contributed by atoms with van der Waals surface area (Å²) in [6.45, 7) is 7.72. The summed E-state index contributed by atoms with van der Waals surface area (Å²) in [6.07, 6.45) is 0.890. The van der Waals surface area contributed by atoms with Crippen molar-refractivity contribution in [1.29, 1.82) is 0 Å². The van der Waals surface area contributed by atoms with Gasteiger partial charge in [-0.15, -0.1) is 5.10 Å². The van der Waals surface area contributed by atoms with Crippen LogP contribution in [0.15, 0.2) is 30.3 Å². The Labute approximate surface area is 203 Å². The highest BCUT2D eigenvalue weighted by atomic mass is 32.2. The summed E-state index contributed by atoms with van der Waals surface area (Å²) < 4.78 is 43.3. The Morgan fingerprint density at radius 1 is 1.29 bits per heavy atom. The van der Waals surface area contributed by atoms with Crippen molar-refractivity contribution in [3.63, 3.8) is 0 Å². The van der Waals surface area contributed by atoms with Gasteiger partial charge in [0, 0.05) is 12.6 Å². The number of nitrogens with zero attached hydrogens (tertiary/aromatic N) is 6. The fraction of sp³-hybridized carbons (Fsp3) is 0.435. The number of halogens is 1. The number of benzene rings is 1. The van der Waals surface area contributed by atoms with Gasteiger partial charge in [0.25, 0.3) is 5.91 Å². The molecule has 0 fully saturated rings. The fourth-order valence-electron chi connectivity index (χ4n) is 4.27. The van der Waals surface area contributed by atoms with E-state index < -0.39 is 27.8 Å². The van der Waals surface area contributed by atoms with Crippen LogP contribution >= 0.6 is 0 Å². The lowest BCUT2D eigenvalue weighted by molar-refractivity contribution is 0.102. The van der Waals surface area contributed by atoms with Crippen LogP contribution in [0.2, 0.25) is 0 Å². The predicted molar refractivity (Wildman–Crippen MR) is 129 cm³/mol. The van der Waals surface area contributed by atoms with E-state index in [0.717, 1.165) is 0 Å². The number of carbonyl (C=O) groups is 1. The van der Waals surface area contributed by atoms with Crippen LogP contribution in [0.3, 0.4) is 0 Å². The van der Waals surface area contributed by atoms with E-state index in [1.165, 1.54) is 16.4 Å². The number of hydrogen-bond donors (Lipinski definition) is 1. The van der Waals surface area contributed by atoms with Crippen LogP contribution in [0.25, 0.3) is 11.5 Å². The second kappa shape index (κ2) is 9.78. The Morgan fingerprint density at radius 3 is 2.77 bits per heavy atom. The SMILES string of the molecule is CCCS(=O)(=O)N1CCc2cc(F)c(C(=O)Nc3cccc(-c4nnnn4C(C)C)n3)cc2C1C. The van der Waals surface area contributed by atoms with Crippen LogP contribution < -0.4 is 5.32 Å². The highest BCUT2D eigenvalue weighted by Gasteiger charge is 2.33. The molecule has 0 radical (unpaired) electrons. The van der Waals surface area contributed by atoms with Crippen LogP contribution in [0.4, 0.5) is 10.2 Å². The molecule has 3 aromatic rings. The summed E-state index contributed by atoms with van der Waals surface area (Å²) in [5.41, 5.74) is 1.61. The number of pyridine rings is 1. The largest absolute Gasteiger partial charge is 0.306 e. The molecule has 0 saturated carbocycles. The molecular formula is C23H28FN7O3S. The maximum absolute atomic E-state index is 14.9. The van der Waals surface area contributed by atoms with Crippen molar-refractivity contribution >= 4 is 21.7 Å². The number of aromatic nitrogens is 5. The van der Waals surface area contributed by atoms with Gasteiger partial charge in [0.15, 0.2) is 0 Å². The lowest BCUT2D eigenvalue weighted by Crippen LogP contribution is -2.40. The van der Waals surface area contributed by atoms with Gasteiger partial charge in [-0.05, 0) is 79.4 Å². The minimum Gasteiger partial charge on any atom is -0.306 e. The first kappa shape index (κ1) is 24.9. The molecule has 0 spiro atoms. The van der Waals surface area contributed by atoms with Crippen molar-refractivity contribution in [1.82, 2.24) is 29.5 Å². The number of nitrogens with one attached hydrogen (secondary N) is 1. The zero-order chi connectivity index (χ0) is 25.3. The molecule has 1 unspecified atom stereocenters. The monoisotopic (exact) mass is 501 g/mol. The van der Waals surface area contributed by atoms with E-state index >= 15 is 0 Å². The van der Waals surface area contributed by atoms with Crippen molar-refractivity contribution in [3.05, 3.63) is 52.8 Å². The van der Waals surface area contributed by atoms with Gasteiger partial charge in [0.2, 0.25) is 15.8 Å². The van der Waals surface area contributed by atoms with Crippen molar-refractivity contribution in [2.75, 3.05) is 17.6 Å². The molecule has 1 atom stereocenters. The zero-order valence-corrected chi connectivity index (χ0v) is 20.9. The molecular weight excluding hydrogens is 473 g/mol. The number of tetrazole rings is 1. The molecule has 0 bridgehead atoms. The topological polar surface area (TPSA) is 123 Å². The van der Waals surface area contributed by atoms with Crippen LogP contribution in [-0.4, -0.2) is 56.1 Å². The minimum absolute atomic E-state index is 0.00679. The maximum Gasteiger partial charge on any atom is 0.259 e. The highest BCUT2D eigenvalue weighted by Crippen LogP contribution is 2.33. The third kappa shape index (κ3) is 4.94. The Morgan fingerprint density at radius 2 is 2.06 bits per heavy atom. The summed E-state index contributed by atoms with van der Waals surface area (Å²) in [6, 6.07) is 7.27. The number of rotatable bonds is 7. The molecule has 35 heavy (non-hydrogen) atoms. The van der Waals surface area contributed by atoms with Crippen LogP contribution in [0.5, 0.6) is 0 Å². The Kier molecular flexibility index (Phi) is 6.95. The fourth-order valence-corrected chi connectivity index (χ4v) is 5.98. The van der Waals surface area contributed by atoms with E-state index in [9.17, 15) is 17.6 Å². The summed E-state index contributed by atoms with van der Waals surface area (Å²) in [7, 11) is -3.44. The molecule has 0 saturated heterocycles. The molecule has 10 nitrogen and oxygen atoms in total. The molecule has 1 N–H and O–H groups in total. The average molecular weight is 502 g/mol. The normalized spacial score (nSPS) is 16.3. The van der Waals surface area contributed by atoms with Gasteiger partial charge < -0.3 is 5.32 Å². The lowest BCUT2D eigenvalue weighted by Gasteiger charge is -2.34. The van der Waals surface area contributed by atoms with Gasteiger partial charge in [0.05, 0.1) is 17.4 Å². The number of anilines is 1. The number of amides is 1. The third-order valence-corrected chi connectivity index (χ3v) is 8.12. The first-order valence-corrected chi connectivity index (χ1v) is 13.1. The molecule has 12 heteroatoms. The van der Waals surface area contributed by atoms with E-state index in [0.29, 0.717) is 35.5 Å². The zero-order valence-electron chi connectivity index (χ0n) is 20.1. The number of carbonyl (C=O) groups excluding carboxylic acids is 1. The lowest BCUT2D eigenvalue weighted by atomic mass is 9.92. The minimum atomic E-state index is -3.44. The van der Waals surface area contributed by atoms with Gasteiger partial charge in [-0.1, -0.05) is 13.0 Å². The summed E-state index contributed by atoms with van der Waals surface area (Å²) in [5, 5.41) is 14.3. The molecule has 3 heterocycles. The smallest absolute Gasteiger partial charge is 0.259 e. The van der Waals surface area contributed by atoms with Crippen molar-refractivity contribution in [2.24, 2.45) is 0 Å². The number of fused-ring (bicyclic) bond motifs is 1. The van der Waals surface area contributed by atoms with E-state index in [1.54, 1.807) is 29.8 Å². The second-order valence-electron chi connectivity index (χ2n) is 8.79. The molecule has 186 valence electrons. The molecule has 2 aromatic heterocycles. The van der Waals surface area contributed by atoms with Crippen LogP contribution in [0, 0.1) is 5.82 Å². The van der Waals surface area contributed by atoms with Gasteiger partial charge >= 0.3 is 0 Å². The maximum atomic E-state index is 14.9. The molecule has 4 rings (SSSR count). The van der Waals surface area contributed by atoms with Crippen molar-refractivity contribution in [3.8, 4) is 11.5 Å². The molecule has 0 aliphatic carbocycles. The standard InChI is InChI=1S/C23H28FN7O3S/c1-5-11-35(33,34)30-10-9-16-12-19(24)18(13-17(16)15(30)4)23(32)26-21-8-6-7-20(25-21)22-27-28-29-31(22)14(2)3/h6-8,12-15H,5,9-11H2,1-4H3,(H,25,26,32). The summed E-state index contributed by atoms with van der Waals surface area (Å²) in [5.74, 6) is -0.651. The van der Waals surface area contributed by atoms with E-state index in [2.05, 4.69) is 25.8 Å². The molecule has 1 amide bonds. The first-order valence-electron chi connectivity index (χ1n) is 11.5. The van der Waals surface area contributed by atoms with Crippen molar-refractivity contribution < 1.29 is 17.6 Å². The predicted octanol–water partition coefficient (Wildman–Crippen LogP) is 3.37. The van der Waals surface area contributed by atoms with Gasteiger partial charge in [0.1, 0.15) is 17.3 Å². The summed E-state index contributed by atoms with van der Waals surface area (Å²) >= 11 is 0. The third-order valence-electron chi connectivity index (χ3n) is 5.98. The number of sulfonamides is 1. The van der Waals surface area contributed by atoms with Crippen molar-refractivity contribution in [2.45, 2.75) is 52.6 Å². The van der Waals surface area contributed by atoms with E-state index in [-0.39, 0.29) is 29.7 Å². The molecule has 1 aromatic carbocycles. The van der Waals surface area contributed by atoms with Gasteiger partial charge in [-0.25, -0.2) is 22.5 Å². The van der Waals surface area contributed by atoms with Crippen LogP contribution in [-0.2, 0) is 16.4 Å². The Balaban J connectivity index is 1.61. The highest BCUT2D eigenvalue weighted by molar-refractivity contribution is 7.89. The Bertz CT molecular complexity index is 1360. The molecule has 1 aliphatic rings. The van der Waals surface area contributed by atoms with E-state index in [1.807, 2.05) is 20.8 Å². The quantitative estimate of drug-likeness (QED) is 0.526. The average Bonchev–Trinajstić information content (AvgIpc) is 3.29. The number of hydrogen-bond acceptors (Lipinski definition) is 7. The van der Waals surface area contributed by atoms with Gasteiger partial charge in [-0.3, -0.25) is 4.79 Å². The second-order valence-corrected chi connectivity index (χ2v) is 10.8. The Hall–Kier alpha value is -3.25.